The Kier molecular flexibility index (Phi) is 6.21. The molecule has 2 aliphatic rings. The number of aromatic nitrogens is 8. The summed E-state index contributed by atoms with van der Waals surface area (Å²) in [6.07, 6.45) is 0. The molecule has 0 spiro atoms. The number of nitrogens with zero attached hydrogens (tertiary/aromatic N) is 6. The van der Waals surface area contributed by atoms with Gasteiger partial charge in [0.1, 0.15) is 22.6 Å². The van der Waals surface area contributed by atoms with Gasteiger partial charge >= 0.3 is 0 Å². The molecule has 0 amide bonds. The Labute approximate surface area is 259 Å². The summed E-state index contributed by atoms with van der Waals surface area (Å²) in [6.45, 7) is 0. The first kappa shape index (κ1) is 26.2. The van der Waals surface area contributed by atoms with E-state index in [1.807, 2.05) is 97.1 Å². The van der Waals surface area contributed by atoms with E-state index in [9.17, 15) is 0 Å². The van der Waals surface area contributed by atoms with Gasteiger partial charge in [0.15, 0.2) is 23.3 Å². The molecule has 9 rings (SSSR count). The van der Waals surface area contributed by atoms with Crippen molar-refractivity contribution in [3.8, 4) is 45.6 Å². The van der Waals surface area contributed by atoms with Gasteiger partial charge in [0, 0.05) is 77.4 Å². The number of benzene rings is 4. The second-order valence-electron chi connectivity index (χ2n) is 9.79. The fourth-order valence-electron chi connectivity index (χ4n) is 5.59. The molecule has 42 heavy (non-hydrogen) atoms. The van der Waals surface area contributed by atoms with Gasteiger partial charge in [-0.2, -0.15) is 0 Å². The molecule has 0 unspecified atom stereocenters. The fourth-order valence-corrected chi connectivity index (χ4v) is 5.59. The number of H-pyrrole nitrogens is 2. The summed E-state index contributed by atoms with van der Waals surface area (Å²) >= 11 is 0. The summed E-state index contributed by atoms with van der Waals surface area (Å²) in [5.41, 5.74) is 6.45. The number of nitrogens with one attached hydrogen (secondary N) is 2. The molecule has 10 heteroatoms. The molecular formula is C32H18MnN8Ni. The Morgan fingerprint density at radius 2 is 0.571 bits per heavy atom. The van der Waals surface area contributed by atoms with Gasteiger partial charge in [-0.3, -0.25) is 0 Å². The van der Waals surface area contributed by atoms with Crippen LogP contribution in [-0.2, 0) is 33.6 Å². The van der Waals surface area contributed by atoms with Crippen molar-refractivity contribution in [1.29, 1.82) is 0 Å². The van der Waals surface area contributed by atoms with Crippen LogP contribution in [-0.4, -0.2) is 39.9 Å². The smallest absolute Gasteiger partial charge is 0.164 e. The van der Waals surface area contributed by atoms with Gasteiger partial charge in [-0.25, -0.2) is 29.9 Å². The quantitative estimate of drug-likeness (QED) is 0.178. The summed E-state index contributed by atoms with van der Waals surface area (Å²) in [4.78, 5) is 36.8. The first-order valence-corrected chi connectivity index (χ1v) is 13.0. The van der Waals surface area contributed by atoms with E-state index in [1.165, 1.54) is 0 Å². The predicted molar refractivity (Wildman–Crippen MR) is 156 cm³/mol. The molecule has 3 aromatic heterocycles. The molecule has 5 heterocycles. The Morgan fingerprint density at radius 3 is 0.833 bits per heavy atom. The van der Waals surface area contributed by atoms with E-state index >= 15 is 0 Å². The maximum Gasteiger partial charge on any atom is 0.164 e. The van der Waals surface area contributed by atoms with Crippen LogP contribution in [0.3, 0.4) is 0 Å². The van der Waals surface area contributed by atoms with Gasteiger partial charge < -0.3 is 9.97 Å². The third-order valence-electron chi connectivity index (χ3n) is 7.46. The van der Waals surface area contributed by atoms with Gasteiger partial charge in [0.2, 0.25) is 0 Å². The molecule has 0 aliphatic carbocycles. The van der Waals surface area contributed by atoms with E-state index in [1.54, 1.807) is 0 Å². The summed E-state index contributed by atoms with van der Waals surface area (Å²) < 4.78 is 0. The normalized spacial score (nSPS) is 11.4. The predicted octanol–water partition coefficient (Wildman–Crippen LogP) is 6.86. The molecule has 2 N–H and O–H groups in total. The average Bonchev–Trinajstić information content (AvgIpc) is 3.73. The number of rotatable bonds is 0. The molecule has 0 fully saturated rings. The van der Waals surface area contributed by atoms with Crippen LogP contribution in [0.15, 0.2) is 97.1 Å². The standard InChI is InChI=1S/C32H18N8.Mn.Ni/c1-2-10-18-17(9-1)25-33-26(18)38-28-21-13-5-6-14-22(21)30(35-28)40-32-24-16-8-7-15-23(24)31(36-32)39-29-20-12-4-3-11-19(20)27(34-29)37-25;;/h1-16H,(H2,33,34,35,36,37,38,39,40);;. The molecule has 1 radical (unpaired) electrons. The minimum Gasteiger partial charge on any atom is -0.324 e. The third-order valence-corrected chi connectivity index (χ3v) is 7.46. The molecule has 8 bridgehead atoms. The van der Waals surface area contributed by atoms with Crippen molar-refractivity contribution in [2.24, 2.45) is 0 Å². The van der Waals surface area contributed by atoms with Crippen molar-refractivity contribution in [2.45, 2.75) is 0 Å². The van der Waals surface area contributed by atoms with E-state index in [-0.39, 0.29) is 33.6 Å². The first-order valence-electron chi connectivity index (χ1n) is 13.0. The zero-order chi connectivity index (χ0) is 26.2. The van der Waals surface area contributed by atoms with Gasteiger partial charge in [-0.1, -0.05) is 97.1 Å². The van der Waals surface area contributed by atoms with Crippen LogP contribution in [0.2, 0.25) is 0 Å². The third kappa shape index (κ3) is 3.88. The van der Waals surface area contributed by atoms with E-state index in [0.717, 1.165) is 43.8 Å². The van der Waals surface area contributed by atoms with Crippen LogP contribution in [0.25, 0.3) is 89.7 Å². The van der Waals surface area contributed by atoms with Crippen LogP contribution >= 0.6 is 0 Å². The molecule has 0 saturated heterocycles. The zero-order valence-corrected chi connectivity index (χ0v) is 23.8. The molecule has 2 aliphatic heterocycles. The van der Waals surface area contributed by atoms with Crippen LogP contribution in [0.1, 0.15) is 0 Å². The number of hydrogen-bond donors (Lipinski definition) is 2. The van der Waals surface area contributed by atoms with Crippen molar-refractivity contribution in [2.75, 3.05) is 0 Å². The number of fused-ring (bicyclic) bond motifs is 20. The monoisotopic (exact) mass is 627 g/mol. The van der Waals surface area contributed by atoms with Crippen LogP contribution in [0.4, 0.5) is 0 Å². The maximum absolute atomic E-state index is 5.02. The molecular weight excluding hydrogens is 610 g/mol. The van der Waals surface area contributed by atoms with E-state index in [4.69, 9.17) is 29.9 Å². The minimum atomic E-state index is 0. The van der Waals surface area contributed by atoms with Crippen molar-refractivity contribution < 1.29 is 33.6 Å². The molecule has 0 saturated carbocycles. The molecule has 7 aromatic rings. The molecule has 203 valence electrons. The average molecular weight is 628 g/mol. The second-order valence-corrected chi connectivity index (χ2v) is 9.79. The molecule has 0 atom stereocenters. The van der Waals surface area contributed by atoms with Crippen LogP contribution in [0, 0.1) is 0 Å². The number of aromatic amines is 2. The van der Waals surface area contributed by atoms with E-state index in [2.05, 4.69) is 9.97 Å². The molecule has 4 aromatic carbocycles. The Bertz CT molecular complexity index is 2040. The zero-order valence-electron chi connectivity index (χ0n) is 21.6. The van der Waals surface area contributed by atoms with Crippen molar-refractivity contribution in [3.05, 3.63) is 97.1 Å². The Morgan fingerprint density at radius 1 is 0.333 bits per heavy atom. The van der Waals surface area contributed by atoms with Gasteiger partial charge in [-0.15, -0.1) is 0 Å². The molecule has 8 nitrogen and oxygen atoms in total. The Hall–Kier alpha value is -4.75. The summed E-state index contributed by atoms with van der Waals surface area (Å²) in [7, 11) is 0. The van der Waals surface area contributed by atoms with Crippen molar-refractivity contribution >= 4 is 44.1 Å². The first-order chi connectivity index (χ1) is 19.8. The van der Waals surface area contributed by atoms with Crippen LogP contribution < -0.4 is 0 Å². The SMILES string of the molecule is [Mn].[Ni].c1ccc2c(c1)-c1nc-2nc2[nH]c(nc3nc(nc4[nH]c(n1)c1ccccc41)-c1ccccc1-3)c1ccccc21. The summed E-state index contributed by atoms with van der Waals surface area (Å²) in [5.74, 6) is 2.39. The second kappa shape index (κ2) is 9.96. The topological polar surface area (TPSA) is 109 Å². The van der Waals surface area contributed by atoms with Gasteiger partial charge in [-0.05, 0) is 0 Å². The van der Waals surface area contributed by atoms with Gasteiger partial charge in [0.05, 0.1) is 0 Å². The van der Waals surface area contributed by atoms with E-state index < -0.39 is 0 Å². The largest absolute Gasteiger partial charge is 0.324 e. The number of hydrogen-bond acceptors (Lipinski definition) is 6. The van der Waals surface area contributed by atoms with Crippen molar-refractivity contribution in [3.63, 3.8) is 0 Å². The maximum atomic E-state index is 5.02. The van der Waals surface area contributed by atoms with E-state index in [0.29, 0.717) is 45.9 Å². The fraction of sp³-hybridized carbons (Fsp3) is 0. The summed E-state index contributed by atoms with van der Waals surface area (Å²) in [5, 5.41) is 3.82. The van der Waals surface area contributed by atoms with Gasteiger partial charge in [0.25, 0.3) is 0 Å². The van der Waals surface area contributed by atoms with Crippen LogP contribution in [0.5, 0.6) is 0 Å². The summed E-state index contributed by atoms with van der Waals surface area (Å²) in [6, 6.07) is 32.2. The minimum absolute atomic E-state index is 0. The van der Waals surface area contributed by atoms with Crippen molar-refractivity contribution in [1.82, 2.24) is 39.9 Å². The Balaban J connectivity index is 0.00000144.